The lowest BCUT2D eigenvalue weighted by atomic mass is 9.78. The van der Waals surface area contributed by atoms with Crippen LogP contribution >= 0.6 is 0 Å². The molecule has 1 amide bonds. The van der Waals surface area contributed by atoms with Crippen molar-refractivity contribution in [2.45, 2.75) is 44.6 Å². The van der Waals surface area contributed by atoms with Crippen molar-refractivity contribution in [3.8, 4) is 5.75 Å². The fourth-order valence-electron chi connectivity index (χ4n) is 5.17. The van der Waals surface area contributed by atoms with Gasteiger partial charge in [0.25, 0.3) is 5.91 Å². The molecule has 168 valence electrons. The average molecular weight is 448 g/mol. The van der Waals surface area contributed by atoms with E-state index in [9.17, 15) is 32.7 Å². The van der Waals surface area contributed by atoms with Gasteiger partial charge in [-0.15, -0.1) is 0 Å². The minimum absolute atomic E-state index is 0.0758. The monoisotopic (exact) mass is 448 g/mol. The molecule has 7 nitrogen and oxygen atoms in total. The van der Waals surface area contributed by atoms with Gasteiger partial charge in [-0.05, 0) is 25.2 Å². The highest BCUT2D eigenvalue weighted by molar-refractivity contribution is 6.01. The number of hydrogen-bond donors (Lipinski definition) is 2. The molecule has 2 unspecified atom stereocenters. The van der Waals surface area contributed by atoms with E-state index in [1.165, 1.54) is 4.57 Å². The van der Waals surface area contributed by atoms with Gasteiger partial charge in [-0.3, -0.25) is 14.4 Å². The second kappa shape index (κ2) is 7.47. The van der Waals surface area contributed by atoms with Crippen LogP contribution in [0.5, 0.6) is 5.75 Å². The second-order valence-corrected chi connectivity index (χ2v) is 8.51. The molecule has 2 aliphatic heterocycles. The van der Waals surface area contributed by atoms with Gasteiger partial charge in [-0.1, -0.05) is 0 Å². The van der Waals surface area contributed by atoms with Crippen LogP contribution in [-0.4, -0.2) is 33.6 Å². The number of nitrogens with one attached hydrogen (secondary N) is 1. The molecule has 0 radical (unpaired) electrons. The first kappa shape index (κ1) is 20.7. The summed E-state index contributed by atoms with van der Waals surface area (Å²) in [6.07, 6.45) is 3.29. The number of carbonyl (C=O) groups excluding carboxylic acids is 2. The van der Waals surface area contributed by atoms with Crippen LogP contribution in [0.1, 0.15) is 45.7 Å². The lowest BCUT2D eigenvalue weighted by Crippen LogP contribution is -2.48. The highest BCUT2D eigenvalue weighted by Gasteiger charge is 2.50. The summed E-state index contributed by atoms with van der Waals surface area (Å²) in [4.78, 5) is 38.3. The molecule has 3 aliphatic rings. The van der Waals surface area contributed by atoms with E-state index in [2.05, 4.69) is 5.32 Å². The molecule has 1 aromatic heterocycles. The van der Waals surface area contributed by atoms with Crippen molar-refractivity contribution in [1.82, 2.24) is 9.88 Å². The first-order valence-corrected chi connectivity index (χ1v) is 10.3. The van der Waals surface area contributed by atoms with Crippen molar-refractivity contribution in [3.63, 3.8) is 0 Å². The maximum Gasteiger partial charge on any atom is 0.257 e. The maximum atomic E-state index is 13.8. The number of halogens is 3. The van der Waals surface area contributed by atoms with Crippen LogP contribution in [0.15, 0.2) is 23.1 Å². The fourth-order valence-corrected chi connectivity index (χ4v) is 5.17. The van der Waals surface area contributed by atoms with Gasteiger partial charge in [-0.25, -0.2) is 13.2 Å². The van der Waals surface area contributed by atoms with Crippen LogP contribution in [0, 0.1) is 29.3 Å². The van der Waals surface area contributed by atoms with E-state index in [4.69, 9.17) is 4.74 Å². The SMILES string of the molecule is O=C(NCc1c(F)cc(F)cc1F)c1cn2c(c(O)c1=O)C(=O)[C@H]1C3CCC(C3)O[C@@H]1C2. The first-order chi connectivity index (χ1) is 15.2. The van der Waals surface area contributed by atoms with Crippen molar-refractivity contribution in [2.24, 2.45) is 11.8 Å². The second-order valence-electron chi connectivity index (χ2n) is 8.51. The number of rotatable bonds is 3. The highest BCUT2D eigenvalue weighted by atomic mass is 19.1. The molecule has 10 heteroatoms. The van der Waals surface area contributed by atoms with Crippen LogP contribution in [0.25, 0.3) is 0 Å². The Morgan fingerprint density at radius 1 is 1.19 bits per heavy atom. The first-order valence-electron chi connectivity index (χ1n) is 10.3. The van der Waals surface area contributed by atoms with E-state index in [0.29, 0.717) is 12.1 Å². The van der Waals surface area contributed by atoms with Crippen molar-refractivity contribution in [3.05, 3.63) is 62.8 Å². The van der Waals surface area contributed by atoms with Crippen molar-refractivity contribution >= 4 is 11.7 Å². The molecule has 2 N–H and O–H groups in total. The Balaban J connectivity index is 1.44. The third kappa shape index (κ3) is 3.21. The molecule has 32 heavy (non-hydrogen) atoms. The molecule has 1 aromatic carbocycles. The fraction of sp³-hybridized carbons (Fsp3) is 0.409. The van der Waals surface area contributed by atoms with Crippen molar-refractivity contribution in [2.75, 3.05) is 0 Å². The summed E-state index contributed by atoms with van der Waals surface area (Å²) in [6.45, 7) is -0.455. The number of aromatic nitrogens is 1. The summed E-state index contributed by atoms with van der Waals surface area (Å²) >= 11 is 0. The number of Topliss-reactive ketones (excluding diaryl/α,β-unsaturated/α-hetero) is 1. The largest absolute Gasteiger partial charge is 0.503 e. The number of ketones is 1. The Morgan fingerprint density at radius 2 is 1.91 bits per heavy atom. The lowest BCUT2D eigenvalue weighted by Gasteiger charge is -2.40. The van der Waals surface area contributed by atoms with E-state index < -0.39 is 64.2 Å². The number of benzene rings is 1. The van der Waals surface area contributed by atoms with E-state index >= 15 is 0 Å². The molecule has 2 aromatic rings. The van der Waals surface area contributed by atoms with Crippen LogP contribution in [0.4, 0.5) is 13.2 Å². The predicted octanol–water partition coefficient (Wildman–Crippen LogP) is 2.28. The molecule has 2 bridgehead atoms. The third-order valence-corrected chi connectivity index (χ3v) is 6.65. The zero-order chi connectivity index (χ0) is 22.7. The Morgan fingerprint density at radius 3 is 2.62 bits per heavy atom. The number of ether oxygens (including phenoxy) is 1. The summed E-state index contributed by atoms with van der Waals surface area (Å²) in [5.74, 6) is -6.00. The Labute approximate surface area is 179 Å². The maximum absolute atomic E-state index is 13.8. The minimum atomic E-state index is -1.19. The van der Waals surface area contributed by atoms with Gasteiger partial charge < -0.3 is 19.7 Å². The molecular weight excluding hydrogens is 429 g/mol. The molecular formula is C22H19F3N2O5. The normalized spacial score (nSPS) is 25.9. The predicted molar refractivity (Wildman–Crippen MR) is 104 cm³/mol. The molecule has 4 atom stereocenters. The lowest BCUT2D eigenvalue weighted by molar-refractivity contribution is -0.0815. The van der Waals surface area contributed by atoms with Gasteiger partial charge in [0.05, 0.1) is 18.1 Å². The van der Waals surface area contributed by atoms with E-state index in [1.807, 2.05) is 0 Å². The Bertz CT molecular complexity index is 1190. The molecule has 5 rings (SSSR count). The van der Waals surface area contributed by atoms with Gasteiger partial charge in [0.1, 0.15) is 28.7 Å². The van der Waals surface area contributed by atoms with Crippen LogP contribution in [0.2, 0.25) is 0 Å². The van der Waals surface area contributed by atoms with Gasteiger partial charge >= 0.3 is 0 Å². The molecule has 1 aliphatic carbocycles. The van der Waals surface area contributed by atoms with Crippen LogP contribution in [0.3, 0.4) is 0 Å². The summed E-state index contributed by atoms with van der Waals surface area (Å²) in [5, 5.41) is 12.7. The number of amides is 1. The van der Waals surface area contributed by atoms with Gasteiger partial charge in [0.2, 0.25) is 5.43 Å². The summed E-state index contributed by atoms with van der Waals surface area (Å²) in [6, 6.07) is 0.951. The molecule has 3 heterocycles. The van der Waals surface area contributed by atoms with E-state index in [0.717, 1.165) is 25.5 Å². The topological polar surface area (TPSA) is 97.6 Å². The van der Waals surface area contributed by atoms with Crippen LogP contribution in [-0.2, 0) is 17.8 Å². The number of nitrogens with zero attached hydrogens (tertiary/aromatic N) is 1. The zero-order valence-electron chi connectivity index (χ0n) is 16.7. The van der Waals surface area contributed by atoms with Crippen LogP contribution < -0.4 is 10.7 Å². The summed E-state index contributed by atoms with van der Waals surface area (Å²) in [5.41, 5.74) is -2.27. The smallest absolute Gasteiger partial charge is 0.257 e. The zero-order valence-corrected chi connectivity index (χ0v) is 16.7. The average Bonchev–Trinajstić information content (AvgIpc) is 3.10. The van der Waals surface area contributed by atoms with Gasteiger partial charge in [0.15, 0.2) is 11.5 Å². The molecule has 1 saturated carbocycles. The third-order valence-electron chi connectivity index (χ3n) is 6.65. The molecule has 2 fully saturated rings. The summed E-state index contributed by atoms with van der Waals surface area (Å²) < 4.78 is 48.0. The number of fused-ring (bicyclic) bond motifs is 5. The number of aromatic hydroxyl groups is 1. The number of pyridine rings is 1. The van der Waals surface area contributed by atoms with Gasteiger partial charge in [-0.2, -0.15) is 0 Å². The quantitative estimate of drug-likeness (QED) is 0.751. The molecule has 1 saturated heterocycles. The highest BCUT2D eigenvalue weighted by Crippen LogP contribution is 2.45. The number of hydrogen-bond acceptors (Lipinski definition) is 5. The minimum Gasteiger partial charge on any atom is -0.503 e. The summed E-state index contributed by atoms with van der Waals surface area (Å²) in [7, 11) is 0. The van der Waals surface area contributed by atoms with Crippen molar-refractivity contribution < 1.29 is 32.6 Å². The van der Waals surface area contributed by atoms with Crippen molar-refractivity contribution in [1.29, 1.82) is 0 Å². The molecule has 0 spiro atoms. The Kier molecular flexibility index (Phi) is 4.85. The van der Waals surface area contributed by atoms with Gasteiger partial charge in [0, 0.05) is 37.0 Å². The standard InChI is InChI=1S/C22H19F3N2O5/c23-10-4-14(24)12(15(25)5-10)6-26-22(31)13-7-27-8-16-17(9-1-2-11(3-9)32-16)20(29)18(27)21(30)19(13)28/h4-5,7,9,11,16-17,30H,1-3,6,8H2,(H,26,31)/t9?,11?,16-,17+/m1/s1. The van der Waals surface area contributed by atoms with E-state index in [1.54, 1.807) is 0 Å². The number of carbonyl (C=O) groups is 2. The van der Waals surface area contributed by atoms with E-state index in [-0.39, 0.29) is 30.0 Å². The Hall–Kier alpha value is -3.14.